The molecule has 33 heavy (non-hydrogen) atoms. The monoisotopic (exact) mass is 456 g/mol. The number of ether oxygens (including phenoxy) is 3. The molecule has 1 atom stereocenters. The molecule has 9 heteroatoms. The first-order chi connectivity index (χ1) is 15.4. The van der Waals surface area contributed by atoms with Crippen LogP contribution in [0.15, 0.2) is 23.2 Å². The molecule has 1 aliphatic heterocycles. The van der Waals surface area contributed by atoms with Crippen LogP contribution in [0.3, 0.4) is 0 Å². The smallest absolute Gasteiger partial charge is 0.310 e. The van der Waals surface area contributed by atoms with E-state index in [4.69, 9.17) is 14.2 Å². The summed E-state index contributed by atoms with van der Waals surface area (Å²) in [4.78, 5) is 62.6. The van der Waals surface area contributed by atoms with E-state index < -0.39 is 46.0 Å². The van der Waals surface area contributed by atoms with Crippen LogP contribution in [-0.2, 0) is 24.6 Å². The molecule has 1 heterocycles. The van der Waals surface area contributed by atoms with Crippen molar-refractivity contribution in [2.45, 2.75) is 59.8 Å². The van der Waals surface area contributed by atoms with Gasteiger partial charge in [0.1, 0.15) is 39.6 Å². The predicted molar refractivity (Wildman–Crippen MR) is 114 cm³/mol. The summed E-state index contributed by atoms with van der Waals surface area (Å²) in [6.45, 7) is 8.46. The van der Waals surface area contributed by atoms with Crippen LogP contribution in [-0.4, -0.2) is 34.4 Å². The molecule has 2 aliphatic rings. The maximum absolute atomic E-state index is 13.5. The molecule has 3 rings (SSSR count). The van der Waals surface area contributed by atoms with Crippen LogP contribution in [0.1, 0.15) is 68.9 Å². The second-order valence-corrected chi connectivity index (χ2v) is 7.96. The first kappa shape index (κ1) is 23.9. The number of ketones is 3. The first-order valence-electron chi connectivity index (χ1n) is 10.4. The summed E-state index contributed by atoms with van der Waals surface area (Å²) < 4.78 is 16.8. The van der Waals surface area contributed by atoms with E-state index in [0.717, 1.165) is 13.0 Å². The van der Waals surface area contributed by atoms with E-state index in [1.807, 2.05) is 0 Å². The number of fused-ring (bicyclic) bond motifs is 3. The number of benzene rings is 1. The Labute approximate surface area is 190 Å². The highest BCUT2D eigenvalue weighted by Crippen LogP contribution is 2.58. The van der Waals surface area contributed by atoms with Gasteiger partial charge < -0.3 is 19.3 Å². The molecule has 0 bridgehead atoms. The molecule has 0 unspecified atom stereocenters. The van der Waals surface area contributed by atoms with Crippen molar-refractivity contribution >= 4 is 29.3 Å². The van der Waals surface area contributed by atoms with Gasteiger partial charge in [0.15, 0.2) is 23.1 Å². The molecule has 0 amide bonds. The van der Waals surface area contributed by atoms with E-state index in [2.05, 4.69) is 0 Å². The average Bonchev–Trinajstić information content (AvgIpc) is 3.03. The molecule has 174 valence electrons. The molecule has 0 aromatic heterocycles. The summed E-state index contributed by atoms with van der Waals surface area (Å²) in [6.07, 6.45) is 1.14. The minimum absolute atomic E-state index is 0.000352. The van der Waals surface area contributed by atoms with Gasteiger partial charge in [-0.15, -0.1) is 0 Å². The minimum atomic E-state index is -1.67. The van der Waals surface area contributed by atoms with Gasteiger partial charge in [0.05, 0.1) is 5.56 Å². The Morgan fingerprint density at radius 3 is 2.03 bits per heavy atom. The van der Waals surface area contributed by atoms with Crippen molar-refractivity contribution in [3.05, 3.63) is 39.9 Å². The van der Waals surface area contributed by atoms with Crippen molar-refractivity contribution in [1.82, 2.24) is 0 Å². The number of aliphatic hydroxyl groups excluding tert-OH is 1. The van der Waals surface area contributed by atoms with Crippen molar-refractivity contribution in [3.8, 4) is 17.2 Å². The molecule has 1 aromatic rings. The number of carbonyl (C=O) groups is 5. The fraction of sp³-hybridized carbons (Fsp3) is 0.375. The Balaban J connectivity index is 2.45. The quantitative estimate of drug-likeness (QED) is 0.296. The molecule has 0 radical (unpaired) electrons. The molecule has 0 spiro atoms. The molecular weight excluding hydrogens is 432 g/mol. The maximum atomic E-state index is 13.5. The summed E-state index contributed by atoms with van der Waals surface area (Å²) in [5.74, 6) is -4.25. The molecular formula is C24H24O9. The van der Waals surface area contributed by atoms with Crippen molar-refractivity contribution in [2.24, 2.45) is 0 Å². The number of hydrogen-bond donors (Lipinski definition) is 1. The summed E-state index contributed by atoms with van der Waals surface area (Å²) in [7, 11) is 0. The van der Waals surface area contributed by atoms with Crippen LogP contribution >= 0.6 is 0 Å². The van der Waals surface area contributed by atoms with Crippen LogP contribution in [0.5, 0.6) is 17.2 Å². The maximum Gasteiger partial charge on any atom is 0.310 e. The lowest BCUT2D eigenvalue weighted by molar-refractivity contribution is -0.134. The lowest BCUT2D eigenvalue weighted by atomic mass is 9.70. The summed E-state index contributed by atoms with van der Waals surface area (Å²) >= 11 is 0. The number of hydrogen-bond acceptors (Lipinski definition) is 9. The Hall–Kier alpha value is -3.75. The Kier molecular flexibility index (Phi) is 6.02. The Morgan fingerprint density at radius 2 is 1.55 bits per heavy atom. The van der Waals surface area contributed by atoms with E-state index in [0.29, 0.717) is 0 Å². The number of aliphatic hydroxyl groups is 1. The second-order valence-electron chi connectivity index (χ2n) is 7.96. The fourth-order valence-electron chi connectivity index (χ4n) is 3.95. The van der Waals surface area contributed by atoms with E-state index in [-0.39, 0.29) is 52.5 Å². The van der Waals surface area contributed by atoms with Crippen molar-refractivity contribution < 1.29 is 43.3 Å². The Morgan fingerprint density at radius 1 is 1.00 bits per heavy atom. The summed E-state index contributed by atoms with van der Waals surface area (Å²) in [6, 6.07) is 0. The molecule has 0 fully saturated rings. The zero-order valence-corrected chi connectivity index (χ0v) is 19.2. The van der Waals surface area contributed by atoms with Crippen molar-refractivity contribution in [1.29, 1.82) is 0 Å². The second kappa shape index (κ2) is 8.31. The van der Waals surface area contributed by atoms with Gasteiger partial charge in [-0.1, -0.05) is 13.8 Å². The number of rotatable bonds is 6. The number of allylic oxidation sites excluding steroid dienone is 3. The lowest BCUT2D eigenvalue weighted by Gasteiger charge is -2.29. The molecule has 1 aliphatic carbocycles. The highest BCUT2D eigenvalue weighted by molar-refractivity contribution is 6.26. The van der Waals surface area contributed by atoms with E-state index in [9.17, 15) is 29.1 Å². The largest absolute Gasteiger partial charge is 0.507 e. The zero-order valence-electron chi connectivity index (χ0n) is 19.2. The molecule has 1 aromatic carbocycles. The third-order valence-electron chi connectivity index (χ3n) is 5.71. The van der Waals surface area contributed by atoms with Crippen molar-refractivity contribution in [2.75, 3.05) is 0 Å². The van der Waals surface area contributed by atoms with Gasteiger partial charge in [-0.2, -0.15) is 0 Å². The number of Topliss-reactive ketones (excluding diaryl/α,β-unsaturated/α-hetero) is 3. The van der Waals surface area contributed by atoms with Gasteiger partial charge in [0, 0.05) is 24.5 Å². The zero-order chi connectivity index (χ0) is 24.8. The van der Waals surface area contributed by atoms with Crippen molar-refractivity contribution in [3.63, 3.8) is 0 Å². The summed E-state index contributed by atoms with van der Waals surface area (Å²) in [5, 5.41) is 10.3. The normalized spacial score (nSPS) is 18.7. The summed E-state index contributed by atoms with van der Waals surface area (Å²) in [5.41, 5.74) is -2.04. The topological polar surface area (TPSA) is 133 Å². The number of carbonyl (C=O) groups excluding carboxylic acids is 5. The van der Waals surface area contributed by atoms with Crippen LogP contribution in [0.4, 0.5) is 0 Å². The fourth-order valence-corrected chi connectivity index (χ4v) is 3.95. The standard InChI is InChI=1S/C24H24O9/c1-7-15(28)32-20-10(3)21(33-16(29)8-2)19-22(18(20)12(5)26)31-14-9-13(27)17(11(4)25)23(30)24(14,19)6/h9,27H,7-8H2,1-6H3/t24-/m0/s1. The molecule has 0 saturated heterocycles. The van der Waals surface area contributed by atoms with Gasteiger partial charge in [-0.05, 0) is 27.7 Å². The number of esters is 2. The average molecular weight is 456 g/mol. The Bertz CT molecular complexity index is 1200. The SMILES string of the molecule is CCC(=O)Oc1c(C)c(OC(=O)CC)c2c(c1C(C)=O)OC1=CC(O)=C(C(C)=O)C(=O)[C@@]12C. The third-order valence-corrected chi connectivity index (χ3v) is 5.71. The highest BCUT2D eigenvalue weighted by atomic mass is 16.6. The van der Waals surface area contributed by atoms with Gasteiger partial charge in [-0.25, -0.2) is 0 Å². The third kappa shape index (κ3) is 3.53. The van der Waals surface area contributed by atoms with Crippen LogP contribution in [0, 0.1) is 6.92 Å². The van der Waals surface area contributed by atoms with Gasteiger partial charge >= 0.3 is 11.9 Å². The van der Waals surface area contributed by atoms with Crippen LogP contribution in [0.2, 0.25) is 0 Å². The highest BCUT2D eigenvalue weighted by Gasteiger charge is 2.56. The van der Waals surface area contributed by atoms with Crippen LogP contribution < -0.4 is 14.2 Å². The molecule has 9 nitrogen and oxygen atoms in total. The predicted octanol–water partition coefficient (Wildman–Crippen LogP) is 3.35. The van der Waals surface area contributed by atoms with E-state index >= 15 is 0 Å². The van der Waals surface area contributed by atoms with Gasteiger partial charge in [0.2, 0.25) is 0 Å². The van der Waals surface area contributed by atoms with Gasteiger partial charge in [0.25, 0.3) is 0 Å². The lowest BCUT2D eigenvalue weighted by Crippen LogP contribution is -2.39. The molecule has 0 saturated carbocycles. The van der Waals surface area contributed by atoms with Gasteiger partial charge in [-0.3, -0.25) is 24.0 Å². The molecule has 1 N–H and O–H groups in total. The van der Waals surface area contributed by atoms with E-state index in [1.54, 1.807) is 13.8 Å². The van der Waals surface area contributed by atoms with Crippen LogP contribution in [0.25, 0.3) is 0 Å². The minimum Gasteiger partial charge on any atom is -0.507 e. The first-order valence-corrected chi connectivity index (χ1v) is 10.4. The van der Waals surface area contributed by atoms with E-state index in [1.165, 1.54) is 20.8 Å².